The Labute approximate surface area is 88.4 Å². The smallest absolute Gasteiger partial charge is 0.336 e. The van der Waals surface area contributed by atoms with Gasteiger partial charge in [-0.15, -0.1) is 0 Å². The number of hydrogen-bond donors (Lipinski definition) is 1. The highest BCUT2D eigenvalue weighted by Crippen LogP contribution is 2.32. The number of hydrogen-bond acceptors (Lipinski definition) is 3. The molecule has 0 fully saturated rings. The van der Waals surface area contributed by atoms with Crippen LogP contribution in [0, 0.1) is 6.92 Å². The van der Waals surface area contributed by atoms with Crippen LogP contribution in [0.2, 0.25) is 0 Å². The molecule has 0 unspecified atom stereocenters. The SMILES string of the molecule is CCOc1ccc(C(=O)O)c(C)c1OC. The van der Waals surface area contributed by atoms with Crippen LogP contribution in [0.15, 0.2) is 12.1 Å². The lowest BCUT2D eigenvalue weighted by molar-refractivity contribution is 0.0695. The zero-order chi connectivity index (χ0) is 11.4. The molecule has 0 aliphatic carbocycles. The lowest BCUT2D eigenvalue weighted by Gasteiger charge is -2.13. The van der Waals surface area contributed by atoms with Crippen LogP contribution in [-0.4, -0.2) is 24.8 Å². The van der Waals surface area contributed by atoms with E-state index < -0.39 is 5.97 Å². The van der Waals surface area contributed by atoms with Crippen molar-refractivity contribution in [1.82, 2.24) is 0 Å². The van der Waals surface area contributed by atoms with Gasteiger partial charge in [0.05, 0.1) is 19.3 Å². The molecule has 0 saturated heterocycles. The predicted octanol–water partition coefficient (Wildman–Crippen LogP) is 2.10. The highest BCUT2D eigenvalue weighted by Gasteiger charge is 2.15. The zero-order valence-electron chi connectivity index (χ0n) is 9.03. The monoisotopic (exact) mass is 210 g/mol. The normalized spacial score (nSPS) is 9.80. The molecule has 0 aliphatic heterocycles. The number of methoxy groups -OCH3 is 1. The largest absolute Gasteiger partial charge is 0.493 e. The molecule has 0 radical (unpaired) electrons. The highest BCUT2D eigenvalue weighted by atomic mass is 16.5. The van der Waals surface area contributed by atoms with Gasteiger partial charge in [-0.05, 0) is 26.0 Å². The van der Waals surface area contributed by atoms with E-state index in [0.29, 0.717) is 23.7 Å². The van der Waals surface area contributed by atoms with E-state index in [0.717, 1.165) is 0 Å². The van der Waals surface area contributed by atoms with Gasteiger partial charge in [0, 0.05) is 5.56 Å². The minimum absolute atomic E-state index is 0.232. The summed E-state index contributed by atoms with van der Waals surface area (Å²) in [6, 6.07) is 3.13. The predicted molar refractivity (Wildman–Crippen MR) is 55.9 cm³/mol. The summed E-state index contributed by atoms with van der Waals surface area (Å²) in [5, 5.41) is 8.91. The molecular weight excluding hydrogens is 196 g/mol. The summed E-state index contributed by atoms with van der Waals surface area (Å²) >= 11 is 0. The van der Waals surface area contributed by atoms with E-state index >= 15 is 0 Å². The van der Waals surface area contributed by atoms with Crippen LogP contribution in [0.25, 0.3) is 0 Å². The number of carboxylic acid groups (broad SMARTS) is 1. The molecule has 1 N–H and O–H groups in total. The second-order valence-electron chi connectivity index (χ2n) is 3.01. The summed E-state index contributed by atoms with van der Waals surface area (Å²) < 4.78 is 10.5. The molecule has 0 atom stereocenters. The summed E-state index contributed by atoms with van der Waals surface area (Å²) in [5.74, 6) is 0.0908. The molecule has 4 nitrogen and oxygen atoms in total. The number of rotatable bonds is 4. The average Bonchev–Trinajstić information content (AvgIpc) is 2.18. The van der Waals surface area contributed by atoms with Crippen molar-refractivity contribution in [3.63, 3.8) is 0 Å². The molecule has 1 aromatic carbocycles. The second kappa shape index (κ2) is 4.68. The minimum atomic E-state index is -0.964. The Hall–Kier alpha value is -1.71. The third-order valence-corrected chi connectivity index (χ3v) is 2.10. The van der Waals surface area contributed by atoms with Crippen molar-refractivity contribution in [1.29, 1.82) is 0 Å². The van der Waals surface area contributed by atoms with Gasteiger partial charge in [-0.1, -0.05) is 0 Å². The molecule has 0 bridgehead atoms. The minimum Gasteiger partial charge on any atom is -0.493 e. The van der Waals surface area contributed by atoms with Crippen molar-refractivity contribution in [3.05, 3.63) is 23.3 Å². The van der Waals surface area contributed by atoms with Gasteiger partial charge in [-0.3, -0.25) is 0 Å². The molecule has 1 rings (SSSR count). The summed E-state index contributed by atoms with van der Waals surface area (Å²) in [6.45, 7) is 4.08. The van der Waals surface area contributed by atoms with Crippen molar-refractivity contribution < 1.29 is 19.4 Å². The Bertz CT molecular complexity index is 371. The van der Waals surface area contributed by atoms with Crippen LogP contribution in [-0.2, 0) is 0 Å². The second-order valence-corrected chi connectivity index (χ2v) is 3.01. The van der Waals surface area contributed by atoms with E-state index in [9.17, 15) is 4.79 Å². The molecule has 1 aromatic rings. The molecule has 15 heavy (non-hydrogen) atoms. The first-order chi connectivity index (χ1) is 7.11. The van der Waals surface area contributed by atoms with Crippen molar-refractivity contribution >= 4 is 5.97 Å². The molecule has 0 amide bonds. The maximum atomic E-state index is 10.9. The summed E-state index contributed by atoms with van der Waals surface area (Å²) in [7, 11) is 1.50. The Morgan fingerprint density at radius 2 is 2.13 bits per heavy atom. The molecule has 0 spiro atoms. The van der Waals surface area contributed by atoms with Gasteiger partial charge in [0.1, 0.15) is 0 Å². The maximum Gasteiger partial charge on any atom is 0.336 e. The van der Waals surface area contributed by atoms with E-state index in [1.54, 1.807) is 13.0 Å². The molecule has 0 aromatic heterocycles. The third kappa shape index (κ3) is 2.21. The van der Waals surface area contributed by atoms with Crippen molar-refractivity contribution in [3.8, 4) is 11.5 Å². The average molecular weight is 210 g/mol. The van der Waals surface area contributed by atoms with Crippen LogP contribution in [0.4, 0.5) is 0 Å². The molecule has 0 aliphatic rings. The fourth-order valence-corrected chi connectivity index (χ4v) is 1.42. The lowest BCUT2D eigenvalue weighted by Crippen LogP contribution is -2.04. The summed E-state index contributed by atoms with van der Waals surface area (Å²) in [4.78, 5) is 10.9. The Morgan fingerprint density at radius 3 is 2.60 bits per heavy atom. The first-order valence-corrected chi connectivity index (χ1v) is 4.65. The van der Waals surface area contributed by atoms with Crippen molar-refractivity contribution in [2.45, 2.75) is 13.8 Å². The van der Waals surface area contributed by atoms with Crippen molar-refractivity contribution in [2.75, 3.05) is 13.7 Å². The topological polar surface area (TPSA) is 55.8 Å². The standard InChI is InChI=1S/C11H14O4/c1-4-15-9-6-5-8(11(12)13)7(2)10(9)14-3/h5-6H,4H2,1-3H3,(H,12,13). The number of aromatic carboxylic acids is 1. The summed E-state index contributed by atoms with van der Waals surface area (Å²) in [5.41, 5.74) is 0.811. The number of benzene rings is 1. The zero-order valence-corrected chi connectivity index (χ0v) is 9.03. The Balaban J connectivity index is 3.25. The van der Waals surface area contributed by atoms with E-state index in [2.05, 4.69) is 0 Å². The van der Waals surface area contributed by atoms with Gasteiger partial charge in [-0.2, -0.15) is 0 Å². The first kappa shape index (κ1) is 11.4. The number of carbonyl (C=O) groups is 1. The lowest BCUT2D eigenvalue weighted by atomic mass is 10.1. The van der Waals surface area contributed by atoms with Gasteiger partial charge in [-0.25, -0.2) is 4.79 Å². The first-order valence-electron chi connectivity index (χ1n) is 4.65. The molecule has 0 saturated carbocycles. The van der Waals surface area contributed by atoms with Crippen LogP contribution in [0.5, 0.6) is 11.5 Å². The van der Waals surface area contributed by atoms with Gasteiger partial charge < -0.3 is 14.6 Å². The maximum absolute atomic E-state index is 10.9. The van der Waals surface area contributed by atoms with E-state index in [1.807, 2.05) is 6.92 Å². The molecule has 4 heteroatoms. The highest BCUT2D eigenvalue weighted by molar-refractivity contribution is 5.90. The Kier molecular flexibility index (Phi) is 3.55. The quantitative estimate of drug-likeness (QED) is 0.826. The van der Waals surface area contributed by atoms with Gasteiger partial charge in [0.2, 0.25) is 0 Å². The van der Waals surface area contributed by atoms with Crippen LogP contribution in [0.1, 0.15) is 22.8 Å². The fraction of sp³-hybridized carbons (Fsp3) is 0.364. The molecular formula is C11H14O4. The number of carboxylic acids is 1. The molecule has 0 heterocycles. The Morgan fingerprint density at radius 1 is 1.47 bits per heavy atom. The van der Waals surface area contributed by atoms with Crippen LogP contribution in [0.3, 0.4) is 0 Å². The summed E-state index contributed by atoms with van der Waals surface area (Å²) in [6.07, 6.45) is 0. The van der Waals surface area contributed by atoms with Gasteiger partial charge in [0.25, 0.3) is 0 Å². The van der Waals surface area contributed by atoms with E-state index in [4.69, 9.17) is 14.6 Å². The third-order valence-electron chi connectivity index (χ3n) is 2.10. The van der Waals surface area contributed by atoms with Crippen LogP contribution < -0.4 is 9.47 Å². The van der Waals surface area contributed by atoms with E-state index in [1.165, 1.54) is 13.2 Å². The number of ether oxygens (including phenoxy) is 2. The van der Waals surface area contributed by atoms with Crippen molar-refractivity contribution in [2.24, 2.45) is 0 Å². The van der Waals surface area contributed by atoms with E-state index in [-0.39, 0.29) is 5.56 Å². The van der Waals surface area contributed by atoms with Gasteiger partial charge in [0.15, 0.2) is 11.5 Å². The van der Waals surface area contributed by atoms with Crippen LogP contribution >= 0.6 is 0 Å². The van der Waals surface area contributed by atoms with Gasteiger partial charge >= 0.3 is 5.97 Å². The molecule has 82 valence electrons. The fourth-order valence-electron chi connectivity index (χ4n) is 1.42.